The lowest BCUT2D eigenvalue weighted by molar-refractivity contribution is 0.222. The van der Waals surface area contributed by atoms with Crippen LogP contribution >= 0.6 is 11.6 Å². The summed E-state index contributed by atoms with van der Waals surface area (Å²) in [6.45, 7) is 0. The van der Waals surface area contributed by atoms with Crippen molar-refractivity contribution in [3.63, 3.8) is 0 Å². The smallest absolute Gasteiger partial charge is 0.226 e. The van der Waals surface area contributed by atoms with Crippen molar-refractivity contribution in [3.8, 4) is 17.2 Å². The van der Waals surface area contributed by atoms with E-state index in [0.717, 1.165) is 33.7 Å². The lowest BCUT2D eigenvalue weighted by Gasteiger charge is -2.39. The molecule has 1 aromatic heterocycles. The fourth-order valence-corrected chi connectivity index (χ4v) is 4.90. The summed E-state index contributed by atoms with van der Waals surface area (Å²) < 4.78 is 19.6. The number of ether oxygens (including phenoxy) is 3. The SMILES string of the molecule is COc1ccc([C@@H]2Oc3ccccc3C3=C2[C@@H](c2cccc(Cl)c2)n2ncnc2N3)cc1OC. The van der Waals surface area contributed by atoms with Crippen molar-refractivity contribution < 1.29 is 14.2 Å². The molecule has 0 saturated heterocycles. The topological polar surface area (TPSA) is 70.4 Å². The molecule has 4 aromatic rings. The maximum atomic E-state index is 6.65. The van der Waals surface area contributed by atoms with Gasteiger partial charge in [-0.1, -0.05) is 41.9 Å². The molecule has 0 unspecified atom stereocenters. The van der Waals surface area contributed by atoms with E-state index in [1.54, 1.807) is 20.5 Å². The molecule has 2 atom stereocenters. The third kappa shape index (κ3) is 3.20. The fourth-order valence-electron chi connectivity index (χ4n) is 4.71. The van der Waals surface area contributed by atoms with E-state index in [4.69, 9.17) is 25.8 Å². The number of fused-ring (bicyclic) bond motifs is 3. The second-order valence-corrected chi connectivity index (χ2v) is 8.49. The van der Waals surface area contributed by atoms with Crippen LogP contribution in [-0.4, -0.2) is 29.0 Å². The highest BCUT2D eigenvalue weighted by Crippen LogP contribution is 2.51. The zero-order valence-electron chi connectivity index (χ0n) is 18.5. The van der Waals surface area contributed by atoms with Crippen LogP contribution in [0.1, 0.15) is 28.8 Å². The van der Waals surface area contributed by atoms with E-state index in [2.05, 4.69) is 15.4 Å². The molecule has 34 heavy (non-hydrogen) atoms. The van der Waals surface area contributed by atoms with Crippen LogP contribution in [0.25, 0.3) is 5.70 Å². The van der Waals surface area contributed by atoms with E-state index in [9.17, 15) is 0 Å². The normalized spacial score (nSPS) is 18.2. The highest BCUT2D eigenvalue weighted by molar-refractivity contribution is 6.30. The first-order valence-electron chi connectivity index (χ1n) is 10.8. The Kier molecular flexibility index (Phi) is 4.92. The Morgan fingerprint density at radius 3 is 2.62 bits per heavy atom. The van der Waals surface area contributed by atoms with Crippen molar-refractivity contribution in [2.75, 3.05) is 19.5 Å². The van der Waals surface area contributed by atoms with Gasteiger partial charge in [0.25, 0.3) is 0 Å². The average molecular weight is 473 g/mol. The number of methoxy groups -OCH3 is 2. The van der Waals surface area contributed by atoms with E-state index in [-0.39, 0.29) is 6.04 Å². The molecule has 0 saturated carbocycles. The molecule has 0 amide bonds. The van der Waals surface area contributed by atoms with Crippen molar-refractivity contribution in [3.05, 3.63) is 100 Å². The van der Waals surface area contributed by atoms with Crippen molar-refractivity contribution in [2.45, 2.75) is 12.1 Å². The zero-order valence-corrected chi connectivity index (χ0v) is 19.3. The second-order valence-electron chi connectivity index (χ2n) is 8.05. The average Bonchev–Trinajstić information content (AvgIpc) is 3.34. The van der Waals surface area contributed by atoms with E-state index in [0.29, 0.717) is 22.5 Å². The molecule has 0 bridgehead atoms. The van der Waals surface area contributed by atoms with Gasteiger partial charge >= 0.3 is 0 Å². The first-order valence-corrected chi connectivity index (χ1v) is 11.2. The summed E-state index contributed by atoms with van der Waals surface area (Å²) in [5.41, 5.74) is 4.84. The Morgan fingerprint density at radius 1 is 0.941 bits per heavy atom. The van der Waals surface area contributed by atoms with Crippen LogP contribution in [0.2, 0.25) is 5.02 Å². The molecule has 6 rings (SSSR count). The molecule has 2 aliphatic heterocycles. The van der Waals surface area contributed by atoms with Gasteiger partial charge in [0.2, 0.25) is 5.95 Å². The predicted octanol–water partition coefficient (Wildman–Crippen LogP) is 5.51. The molecule has 3 aromatic carbocycles. The van der Waals surface area contributed by atoms with Gasteiger partial charge in [-0.3, -0.25) is 0 Å². The molecule has 3 heterocycles. The van der Waals surface area contributed by atoms with E-state index in [1.807, 2.05) is 71.4 Å². The molecule has 0 spiro atoms. The monoisotopic (exact) mass is 472 g/mol. The predicted molar refractivity (Wildman–Crippen MR) is 130 cm³/mol. The van der Waals surface area contributed by atoms with Crippen molar-refractivity contribution >= 4 is 23.2 Å². The zero-order chi connectivity index (χ0) is 23.2. The van der Waals surface area contributed by atoms with Crippen LogP contribution in [-0.2, 0) is 0 Å². The first kappa shape index (κ1) is 20.6. The quantitative estimate of drug-likeness (QED) is 0.422. The molecule has 0 radical (unpaired) electrons. The van der Waals surface area contributed by atoms with Crippen LogP contribution < -0.4 is 19.5 Å². The Bertz CT molecular complexity index is 1430. The van der Waals surface area contributed by atoms with Gasteiger partial charge in [-0.2, -0.15) is 10.1 Å². The summed E-state index contributed by atoms with van der Waals surface area (Å²) in [5, 5.41) is 8.70. The van der Waals surface area contributed by atoms with Crippen molar-refractivity contribution in [2.24, 2.45) is 0 Å². The molecular formula is C26H21ClN4O3. The van der Waals surface area contributed by atoms with Gasteiger partial charge in [0.05, 0.1) is 19.9 Å². The third-order valence-electron chi connectivity index (χ3n) is 6.20. The van der Waals surface area contributed by atoms with Crippen LogP contribution in [0.4, 0.5) is 5.95 Å². The maximum Gasteiger partial charge on any atom is 0.226 e. The Labute approximate surface area is 201 Å². The number of nitrogens with one attached hydrogen (secondary N) is 1. The van der Waals surface area contributed by atoms with E-state index < -0.39 is 6.10 Å². The summed E-state index contributed by atoms with van der Waals surface area (Å²) in [7, 11) is 3.25. The minimum Gasteiger partial charge on any atom is -0.493 e. The number of halogens is 1. The number of aromatic nitrogens is 3. The molecule has 8 heteroatoms. The summed E-state index contributed by atoms with van der Waals surface area (Å²) in [6, 6.07) is 21.4. The van der Waals surface area contributed by atoms with Gasteiger partial charge in [-0.25, -0.2) is 4.68 Å². The molecule has 7 nitrogen and oxygen atoms in total. The molecule has 0 aliphatic carbocycles. The molecule has 0 fully saturated rings. The van der Waals surface area contributed by atoms with Crippen LogP contribution in [0.15, 0.2) is 78.6 Å². The standard InChI is InChI=1S/C26H21ClN4O3/c1-32-20-11-10-16(13-21(20)33-2)25-22-23(18-8-3-4-9-19(18)34-25)30-26-28-14-29-31(26)24(22)15-6-5-7-17(27)12-15/h3-14,24-25H,1-2H3,(H,28,29,30)/t24-,25+/m1/s1. The third-order valence-corrected chi connectivity index (χ3v) is 6.43. The van der Waals surface area contributed by atoms with Crippen molar-refractivity contribution in [1.29, 1.82) is 0 Å². The summed E-state index contributed by atoms with van der Waals surface area (Å²) in [5.74, 6) is 2.73. The minimum atomic E-state index is -0.418. The van der Waals surface area contributed by atoms with Crippen LogP contribution in [0.5, 0.6) is 17.2 Å². The lowest BCUT2D eigenvalue weighted by Crippen LogP contribution is -2.32. The minimum absolute atomic E-state index is 0.279. The Balaban J connectivity index is 1.61. The first-order chi connectivity index (χ1) is 16.7. The molecule has 1 N–H and O–H groups in total. The number of anilines is 1. The van der Waals surface area contributed by atoms with Gasteiger partial charge in [0, 0.05) is 21.7 Å². The highest BCUT2D eigenvalue weighted by atomic mass is 35.5. The molecule has 170 valence electrons. The van der Waals surface area contributed by atoms with E-state index >= 15 is 0 Å². The van der Waals surface area contributed by atoms with Crippen molar-refractivity contribution in [1.82, 2.24) is 14.8 Å². The summed E-state index contributed by atoms with van der Waals surface area (Å²) in [6.07, 6.45) is 1.13. The number of hydrogen-bond acceptors (Lipinski definition) is 6. The van der Waals surface area contributed by atoms with Gasteiger partial charge in [-0.05, 0) is 42.0 Å². The van der Waals surface area contributed by atoms with Crippen LogP contribution in [0.3, 0.4) is 0 Å². The number of para-hydroxylation sites is 1. The molecule has 2 aliphatic rings. The fraction of sp³-hybridized carbons (Fsp3) is 0.154. The lowest BCUT2D eigenvalue weighted by atomic mass is 9.84. The number of rotatable bonds is 4. The summed E-state index contributed by atoms with van der Waals surface area (Å²) >= 11 is 6.41. The van der Waals surface area contributed by atoms with Gasteiger partial charge in [-0.15, -0.1) is 0 Å². The number of benzene rings is 3. The van der Waals surface area contributed by atoms with Gasteiger partial charge in [0.1, 0.15) is 24.2 Å². The van der Waals surface area contributed by atoms with E-state index in [1.165, 1.54) is 0 Å². The number of hydrogen-bond donors (Lipinski definition) is 1. The molecular weight excluding hydrogens is 452 g/mol. The maximum absolute atomic E-state index is 6.65. The second kappa shape index (κ2) is 8.11. The Morgan fingerprint density at radius 2 is 1.79 bits per heavy atom. The van der Waals surface area contributed by atoms with Gasteiger partial charge in [0.15, 0.2) is 11.5 Å². The summed E-state index contributed by atoms with van der Waals surface area (Å²) in [4.78, 5) is 4.46. The number of nitrogens with zero attached hydrogens (tertiary/aromatic N) is 3. The highest BCUT2D eigenvalue weighted by Gasteiger charge is 2.41. The van der Waals surface area contributed by atoms with Crippen LogP contribution in [0, 0.1) is 0 Å². The Hall–Kier alpha value is -3.97. The largest absolute Gasteiger partial charge is 0.493 e. The van der Waals surface area contributed by atoms with Gasteiger partial charge < -0.3 is 19.5 Å².